The van der Waals surface area contributed by atoms with Gasteiger partial charge < -0.3 is 14.8 Å². The molecule has 4 saturated heterocycles. The van der Waals surface area contributed by atoms with Gasteiger partial charge >= 0.3 is 0 Å². The molecule has 0 aromatic heterocycles. The monoisotopic (exact) mass is 359 g/mol. The molecule has 142 valence electrons. The first-order valence-corrected chi connectivity index (χ1v) is 10.0. The van der Waals surface area contributed by atoms with Gasteiger partial charge in [-0.1, -0.05) is 32.0 Å². The number of ether oxygens (including phenoxy) is 2. The minimum absolute atomic E-state index is 0.0985. The number of hydrogen-bond donors (Lipinski definition) is 1. The van der Waals surface area contributed by atoms with E-state index in [-0.39, 0.29) is 12.5 Å². The third-order valence-electron chi connectivity index (χ3n) is 7.24. The van der Waals surface area contributed by atoms with Gasteiger partial charge in [-0.05, 0) is 50.2 Å². The Bertz CT molecular complexity index is 669. The Morgan fingerprint density at radius 3 is 2.62 bits per heavy atom. The molecule has 1 aromatic carbocycles. The minimum Gasteiger partial charge on any atom is -0.360 e. The quantitative estimate of drug-likeness (QED) is 0.798. The summed E-state index contributed by atoms with van der Waals surface area (Å²) in [5, 5.41) is 3.57. The van der Waals surface area contributed by atoms with E-state index in [1.165, 1.54) is 6.42 Å². The van der Waals surface area contributed by atoms with Crippen molar-refractivity contribution in [2.75, 3.05) is 5.32 Å². The van der Waals surface area contributed by atoms with Crippen molar-refractivity contribution in [1.29, 1.82) is 0 Å². The van der Waals surface area contributed by atoms with Crippen LogP contribution in [0.25, 0.3) is 0 Å². The van der Waals surface area contributed by atoms with E-state index in [9.17, 15) is 0 Å². The van der Waals surface area contributed by atoms with Crippen molar-refractivity contribution in [2.45, 2.75) is 70.4 Å². The molecule has 6 rings (SSSR count). The highest BCUT2D eigenvalue weighted by molar-refractivity contribution is 5.43. The average Bonchev–Trinajstić information content (AvgIpc) is 2.86. The minimum atomic E-state index is -0.713. The van der Waals surface area contributed by atoms with Crippen LogP contribution in [0.3, 0.4) is 0 Å². The fourth-order valence-electron chi connectivity index (χ4n) is 5.77. The Hall–Kier alpha value is -1.14. The van der Waals surface area contributed by atoms with Crippen LogP contribution in [0.1, 0.15) is 46.5 Å². The van der Waals surface area contributed by atoms with Crippen LogP contribution >= 0.6 is 0 Å². The second kappa shape index (κ2) is 5.93. The normalized spacial score (nSPS) is 50.0. The zero-order valence-electron chi connectivity index (χ0n) is 15.8. The van der Waals surface area contributed by atoms with Crippen LogP contribution < -0.4 is 5.32 Å². The van der Waals surface area contributed by atoms with Gasteiger partial charge in [-0.25, -0.2) is 9.78 Å². The summed E-state index contributed by atoms with van der Waals surface area (Å²) < 4.78 is 12.9. The number of nitrogens with one attached hydrogen (secondary N) is 1. The first kappa shape index (κ1) is 17.0. The Kier molecular flexibility index (Phi) is 3.87. The zero-order valence-corrected chi connectivity index (χ0v) is 15.8. The number of benzene rings is 1. The molecule has 4 aliphatic heterocycles. The van der Waals surface area contributed by atoms with Crippen LogP contribution in [0, 0.1) is 23.7 Å². The summed E-state index contributed by atoms with van der Waals surface area (Å²) in [5.74, 6) is 0.948. The van der Waals surface area contributed by atoms with Crippen LogP contribution in [-0.2, 0) is 19.2 Å². The first-order chi connectivity index (χ1) is 12.5. The molecule has 0 amide bonds. The molecule has 2 bridgehead atoms. The highest BCUT2D eigenvalue weighted by Gasteiger charge is 2.69. The molecule has 0 unspecified atom stereocenters. The molecule has 5 aliphatic rings. The van der Waals surface area contributed by atoms with Gasteiger partial charge in [0.25, 0.3) is 0 Å². The van der Waals surface area contributed by atoms with E-state index in [0.29, 0.717) is 23.7 Å². The molecular formula is C21H29NO4. The molecule has 1 aromatic rings. The Balaban J connectivity index is 1.50. The summed E-state index contributed by atoms with van der Waals surface area (Å²) >= 11 is 0. The lowest BCUT2D eigenvalue weighted by Crippen LogP contribution is -2.71. The molecule has 4 heterocycles. The third kappa shape index (κ3) is 2.37. The van der Waals surface area contributed by atoms with E-state index in [1.54, 1.807) is 0 Å². The molecule has 5 nitrogen and oxygen atoms in total. The van der Waals surface area contributed by atoms with Crippen molar-refractivity contribution in [3.63, 3.8) is 0 Å². The van der Waals surface area contributed by atoms with Gasteiger partial charge in [0.05, 0.1) is 0 Å². The van der Waals surface area contributed by atoms with E-state index in [1.807, 2.05) is 25.1 Å². The van der Waals surface area contributed by atoms with Crippen molar-refractivity contribution in [2.24, 2.45) is 23.7 Å². The molecule has 1 N–H and O–H groups in total. The van der Waals surface area contributed by atoms with E-state index >= 15 is 0 Å². The van der Waals surface area contributed by atoms with E-state index in [0.717, 1.165) is 24.9 Å². The number of hydrogen-bond acceptors (Lipinski definition) is 5. The zero-order chi connectivity index (χ0) is 17.9. The number of rotatable bonds is 2. The molecule has 1 saturated carbocycles. The highest BCUT2D eigenvalue weighted by Crippen LogP contribution is 2.60. The second-order valence-corrected chi connectivity index (χ2v) is 8.84. The molecule has 8 atom stereocenters. The first-order valence-electron chi connectivity index (χ1n) is 10.0. The van der Waals surface area contributed by atoms with Crippen molar-refractivity contribution >= 4 is 5.69 Å². The standard InChI is InChI=1S/C21H29NO4/c1-13-9-10-17-14(2)18(22-15-7-5-4-6-8-15)23-19-21(17)16(13)11-12-20(3,24-19)25-26-21/h4-8,13-14,16-19,22H,9-12H2,1-3H3/t13-,14-,16+,17+,18-,19-,20+,21-/m1/s1. The number of para-hydroxylation sites is 1. The highest BCUT2D eigenvalue weighted by atomic mass is 17.3. The van der Waals surface area contributed by atoms with Crippen LogP contribution in [-0.4, -0.2) is 23.9 Å². The molecule has 1 spiro atoms. The van der Waals surface area contributed by atoms with Gasteiger partial charge in [-0.3, -0.25) is 0 Å². The van der Waals surface area contributed by atoms with Crippen molar-refractivity contribution in [3.05, 3.63) is 30.3 Å². The maximum absolute atomic E-state index is 6.52. The van der Waals surface area contributed by atoms with Crippen molar-refractivity contribution in [3.8, 4) is 0 Å². The van der Waals surface area contributed by atoms with Gasteiger partial charge in [-0.15, -0.1) is 0 Å². The van der Waals surface area contributed by atoms with Gasteiger partial charge in [0.1, 0.15) is 6.23 Å². The summed E-state index contributed by atoms with van der Waals surface area (Å²) in [7, 11) is 0. The summed E-state index contributed by atoms with van der Waals surface area (Å²) in [6.07, 6.45) is 3.78. The predicted octanol–water partition coefficient (Wildman–Crippen LogP) is 4.31. The van der Waals surface area contributed by atoms with Crippen LogP contribution in [0.2, 0.25) is 0 Å². The Morgan fingerprint density at radius 2 is 1.81 bits per heavy atom. The molecule has 1 aliphatic carbocycles. The lowest BCUT2D eigenvalue weighted by molar-refractivity contribution is -0.570. The smallest absolute Gasteiger partial charge is 0.201 e. The van der Waals surface area contributed by atoms with E-state index in [4.69, 9.17) is 19.2 Å². The van der Waals surface area contributed by atoms with Crippen molar-refractivity contribution in [1.82, 2.24) is 0 Å². The summed E-state index contributed by atoms with van der Waals surface area (Å²) in [5.41, 5.74) is 0.588. The Labute approximate surface area is 155 Å². The molecule has 5 heteroatoms. The van der Waals surface area contributed by atoms with Crippen molar-refractivity contribution < 1.29 is 19.2 Å². The second-order valence-electron chi connectivity index (χ2n) is 8.84. The summed E-state index contributed by atoms with van der Waals surface area (Å²) in [4.78, 5) is 12.0. The largest absolute Gasteiger partial charge is 0.360 e. The van der Waals surface area contributed by atoms with E-state index in [2.05, 4.69) is 31.3 Å². The molecule has 0 radical (unpaired) electrons. The Morgan fingerprint density at radius 1 is 1.00 bits per heavy atom. The number of fused-ring (bicyclic) bond motifs is 2. The fourth-order valence-corrected chi connectivity index (χ4v) is 5.77. The van der Waals surface area contributed by atoms with Gasteiger partial charge in [0, 0.05) is 23.9 Å². The lowest BCUT2D eigenvalue weighted by Gasteiger charge is -2.60. The van der Waals surface area contributed by atoms with Crippen LogP contribution in [0.5, 0.6) is 0 Å². The molecule has 5 fully saturated rings. The molecule has 26 heavy (non-hydrogen) atoms. The maximum atomic E-state index is 6.52. The fraction of sp³-hybridized carbons (Fsp3) is 0.714. The third-order valence-corrected chi connectivity index (χ3v) is 7.24. The summed E-state index contributed by atoms with van der Waals surface area (Å²) in [6.45, 7) is 6.58. The van der Waals surface area contributed by atoms with E-state index < -0.39 is 11.4 Å². The SMILES string of the molecule is C[C@H]1[C@H](Nc2ccccc2)O[C@@H]2O[C@]3(C)CC[C@H]4[C@H](C)CC[C@@H]1[C@@]24OO3. The lowest BCUT2D eigenvalue weighted by atomic mass is 9.58. The van der Waals surface area contributed by atoms with Gasteiger partial charge in [0.2, 0.25) is 5.79 Å². The van der Waals surface area contributed by atoms with Gasteiger partial charge in [-0.2, -0.15) is 0 Å². The maximum Gasteiger partial charge on any atom is 0.201 e. The summed E-state index contributed by atoms with van der Waals surface area (Å²) in [6, 6.07) is 10.3. The molecular weight excluding hydrogens is 330 g/mol. The average molecular weight is 359 g/mol. The van der Waals surface area contributed by atoms with Crippen LogP contribution in [0.4, 0.5) is 5.69 Å². The van der Waals surface area contributed by atoms with Gasteiger partial charge in [0.15, 0.2) is 11.9 Å². The predicted molar refractivity (Wildman–Crippen MR) is 96.9 cm³/mol. The van der Waals surface area contributed by atoms with Crippen LogP contribution in [0.15, 0.2) is 30.3 Å². The topological polar surface area (TPSA) is 49.0 Å². The number of anilines is 1.